The van der Waals surface area contributed by atoms with Crippen molar-refractivity contribution >= 4 is 5.97 Å². The Kier molecular flexibility index (Phi) is 5.15. The van der Waals surface area contributed by atoms with Crippen molar-refractivity contribution in [2.45, 2.75) is 38.8 Å². The Bertz CT molecular complexity index is 459. The molecule has 0 saturated carbocycles. The topological polar surface area (TPSA) is 49.8 Å². The van der Waals surface area contributed by atoms with Crippen molar-refractivity contribution in [3.8, 4) is 0 Å². The second-order valence-electron chi connectivity index (χ2n) is 5.54. The summed E-state index contributed by atoms with van der Waals surface area (Å²) in [5.74, 6) is -0.749. The third kappa shape index (κ3) is 3.81. The SMILES string of the molecule is CC(C)N(CCC(=O)O)CC1OCCc2ccccc21. The lowest BCUT2D eigenvalue weighted by molar-refractivity contribution is -0.137. The van der Waals surface area contributed by atoms with Crippen molar-refractivity contribution in [1.29, 1.82) is 0 Å². The number of fused-ring (bicyclic) bond motifs is 1. The van der Waals surface area contributed by atoms with Gasteiger partial charge in [0, 0.05) is 19.1 Å². The van der Waals surface area contributed by atoms with E-state index in [1.807, 2.05) is 6.07 Å². The van der Waals surface area contributed by atoms with E-state index in [0.717, 1.165) is 19.6 Å². The molecule has 1 aromatic rings. The van der Waals surface area contributed by atoms with Gasteiger partial charge in [0.25, 0.3) is 0 Å². The molecule has 1 N–H and O–H groups in total. The Morgan fingerprint density at radius 2 is 2.20 bits per heavy atom. The highest BCUT2D eigenvalue weighted by Gasteiger charge is 2.24. The molecule has 0 amide bonds. The molecule has 0 radical (unpaired) electrons. The summed E-state index contributed by atoms with van der Waals surface area (Å²) >= 11 is 0. The van der Waals surface area contributed by atoms with Gasteiger partial charge in [0.15, 0.2) is 0 Å². The average molecular weight is 277 g/mol. The molecule has 1 unspecified atom stereocenters. The maximum absolute atomic E-state index is 10.8. The zero-order valence-corrected chi connectivity index (χ0v) is 12.2. The fourth-order valence-electron chi connectivity index (χ4n) is 2.64. The van der Waals surface area contributed by atoms with Gasteiger partial charge in [-0.25, -0.2) is 0 Å². The third-order valence-corrected chi connectivity index (χ3v) is 3.84. The van der Waals surface area contributed by atoms with Crippen LogP contribution in [0.1, 0.15) is 37.5 Å². The van der Waals surface area contributed by atoms with E-state index in [0.29, 0.717) is 12.6 Å². The van der Waals surface area contributed by atoms with Gasteiger partial charge in [0.2, 0.25) is 0 Å². The number of aliphatic carboxylic acids is 1. The van der Waals surface area contributed by atoms with Crippen molar-refractivity contribution < 1.29 is 14.6 Å². The summed E-state index contributed by atoms with van der Waals surface area (Å²) in [7, 11) is 0. The molecule has 4 heteroatoms. The van der Waals surface area contributed by atoms with Gasteiger partial charge in [-0.3, -0.25) is 9.69 Å². The second kappa shape index (κ2) is 6.86. The van der Waals surface area contributed by atoms with Crippen LogP contribution in [-0.4, -0.2) is 41.7 Å². The van der Waals surface area contributed by atoms with Crippen LogP contribution in [0.15, 0.2) is 24.3 Å². The monoisotopic (exact) mass is 277 g/mol. The van der Waals surface area contributed by atoms with Crippen LogP contribution in [0.25, 0.3) is 0 Å². The molecular formula is C16H23NO3. The Labute approximate surface area is 120 Å². The minimum absolute atomic E-state index is 0.0520. The first-order chi connectivity index (χ1) is 9.58. The molecule has 1 aliphatic rings. The first kappa shape index (κ1) is 15.0. The molecule has 1 aliphatic heterocycles. The van der Waals surface area contributed by atoms with Gasteiger partial charge in [-0.2, -0.15) is 0 Å². The molecule has 110 valence electrons. The molecule has 20 heavy (non-hydrogen) atoms. The number of ether oxygens (including phenoxy) is 1. The average Bonchev–Trinajstić information content (AvgIpc) is 2.43. The van der Waals surface area contributed by atoms with E-state index in [1.165, 1.54) is 11.1 Å². The lowest BCUT2D eigenvalue weighted by atomic mass is 9.97. The minimum atomic E-state index is -0.749. The Hall–Kier alpha value is -1.39. The van der Waals surface area contributed by atoms with E-state index in [1.54, 1.807) is 0 Å². The number of nitrogens with zero attached hydrogens (tertiary/aromatic N) is 1. The molecule has 2 rings (SSSR count). The number of benzene rings is 1. The van der Waals surface area contributed by atoms with Gasteiger partial charge in [0.05, 0.1) is 19.1 Å². The maximum atomic E-state index is 10.8. The Balaban J connectivity index is 2.05. The number of hydrogen-bond donors (Lipinski definition) is 1. The second-order valence-corrected chi connectivity index (χ2v) is 5.54. The van der Waals surface area contributed by atoms with E-state index < -0.39 is 5.97 Å². The van der Waals surface area contributed by atoms with E-state index >= 15 is 0 Å². The van der Waals surface area contributed by atoms with E-state index in [-0.39, 0.29) is 12.5 Å². The van der Waals surface area contributed by atoms with Crippen LogP contribution in [0.3, 0.4) is 0 Å². The number of carboxylic acid groups (broad SMARTS) is 1. The number of rotatable bonds is 6. The summed E-state index contributed by atoms with van der Waals surface area (Å²) in [6, 6.07) is 8.69. The molecule has 0 fully saturated rings. The zero-order chi connectivity index (χ0) is 14.5. The van der Waals surface area contributed by atoms with Crippen LogP contribution in [0.4, 0.5) is 0 Å². The van der Waals surface area contributed by atoms with Crippen molar-refractivity contribution in [1.82, 2.24) is 4.90 Å². The van der Waals surface area contributed by atoms with Gasteiger partial charge >= 0.3 is 5.97 Å². The summed E-state index contributed by atoms with van der Waals surface area (Å²) in [5.41, 5.74) is 2.60. The quantitative estimate of drug-likeness (QED) is 0.868. The van der Waals surface area contributed by atoms with Crippen LogP contribution in [0.2, 0.25) is 0 Å². The summed E-state index contributed by atoms with van der Waals surface area (Å²) in [4.78, 5) is 12.9. The molecule has 0 aliphatic carbocycles. The van der Waals surface area contributed by atoms with Crippen LogP contribution < -0.4 is 0 Å². The zero-order valence-electron chi connectivity index (χ0n) is 12.2. The first-order valence-electron chi connectivity index (χ1n) is 7.23. The van der Waals surface area contributed by atoms with E-state index in [9.17, 15) is 4.79 Å². The number of hydrogen-bond acceptors (Lipinski definition) is 3. The lowest BCUT2D eigenvalue weighted by Gasteiger charge is -2.33. The standard InChI is InChI=1S/C16H23NO3/c1-12(2)17(9-7-16(18)19)11-15-14-6-4-3-5-13(14)8-10-20-15/h3-6,12,15H,7-11H2,1-2H3,(H,18,19). The van der Waals surface area contributed by atoms with Gasteiger partial charge in [-0.05, 0) is 31.4 Å². The summed E-state index contributed by atoms with van der Waals surface area (Å²) < 4.78 is 5.90. The largest absolute Gasteiger partial charge is 0.481 e. The summed E-state index contributed by atoms with van der Waals surface area (Å²) in [6.07, 6.45) is 1.19. The predicted octanol–water partition coefficient (Wildman–Crippen LogP) is 2.49. The van der Waals surface area contributed by atoms with Gasteiger partial charge in [-0.15, -0.1) is 0 Å². The summed E-state index contributed by atoms with van der Waals surface area (Å²) in [6.45, 7) is 6.25. The van der Waals surface area contributed by atoms with Crippen LogP contribution in [0, 0.1) is 0 Å². The maximum Gasteiger partial charge on any atom is 0.304 e. The molecule has 0 aromatic heterocycles. The highest BCUT2D eigenvalue weighted by Crippen LogP contribution is 2.28. The van der Waals surface area contributed by atoms with Crippen LogP contribution in [-0.2, 0) is 16.0 Å². The number of carbonyl (C=O) groups is 1. The fraction of sp³-hybridized carbons (Fsp3) is 0.562. The van der Waals surface area contributed by atoms with Crippen LogP contribution in [0.5, 0.6) is 0 Å². The summed E-state index contributed by atoms with van der Waals surface area (Å²) in [5, 5.41) is 8.85. The van der Waals surface area contributed by atoms with E-state index in [2.05, 4.69) is 36.9 Å². The van der Waals surface area contributed by atoms with Crippen molar-refractivity contribution in [3.63, 3.8) is 0 Å². The molecule has 0 bridgehead atoms. The van der Waals surface area contributed by atoms with Crippen molar-refractivity contribution in [2.24, 2.45) is 0 Å². The third-order valence-electron chi connectivity index (χ3n) is 3.84. The van der Waals surface area contributed by atoms with E-state index in [4.69, 9.17) is 9.84 Å². The normalized spacial score (nSPS) is 18.3. The van der Waals surface area contributed by atoms with Gasteiger partial charge in [-0.1, -0.05) is 24.3 Å². The predicted molar refractivity (Wildman–Crippen MR) is 77.8 cm³/mol. The lowest BCUT2D eigenvalue weighted by Crippen LogP contribution is -2.38. The highest BCUT2D eigenvalue weighted by molar-refractivity contribution is 5.66. The molecule has 1 heterocycles. The van der Waals surface area contributed by atoms with Gasteiger partial charge < -0.3 is 9.84 Å². The Morgan fingerprint density at radius 1 is 1.45 bits per heavy atom. The van der Waals surface area contributed by atoms with Crippen molar-refractivity contribution in [3.05, 3.63) is 35.4 Å². The van der Waals surface area contributed by atoms with Crippen molar-refractivity contribution in [2.75, 3.05) is 19.7 Å². The number of carboxylic acids is 1. The molecule has 4 nitrogen and oxygen atoms in total. The van der Waals surface area contributed by atoms with Crippen LogP contribution >= 0.6 is 0 Å². The fourth-order valence-corrected chi connectivity index (χ4v) is 2.64. The molecule has 1 atom stereocenters. The molecule has 0 spiro atoms. The Morgan fingerprint density at radius 3 is 2.90 bits per heavy atom. The highest BCUT2D eigenvalue weighted by atomic mass is 16.5. The first-order valence-corrected chi connectivity index (χ1v) is 7.23. The molecular weight excluding hydrogens is 254 g/mol. The minimum Gasteiger partial charge on any atom is -0.481 e. The smallest absolute Gasteiger partial charge is 0.304 e. The molecule has 0 saturated heterocycles. The van der Waals surface area contributed by atoms with Gasteiger partial charge in [0.1, 0.15) is 0 Å². The molecule has 1 aromatic carbocycles.